The van der Waals surface area contributed by atoms with Crippen LogP contribution in [0.1, 0.15) is 35.9 Å². The number of benzene rings is 1. The maximum atomic E-state index is 12.7. The van der Waals surface area contributed by atoms with Gasteiger partial charge < -0.3 is 9.64 Å². The summed E-state index contributed by atoms with van der Waals surface area (Å²) in [6.45, 7) is 3.62. The van der Waals surface area contributed by atoms with Gasteiger partial charge in [-0.1, -0.05) is 19.1 Å². The highest BCUT2D eigenvalue weighted by Gasteiger charge is 2.23. The molecule has 27 heavy (non-hydrogen) atoms. The van der Waals surface area contributed by atoms with Crippen LogP contribution in [0.2, 0.25) is 0 Å². The van der Waals surface area contributed by atoms with E-state index < -0.39 is 9.84 Å². The van der Waals surface area contributed by atoms with E-state index in [9.17, 15) is 13.2 Å². The lowest BCUT2D eigenvalue weighted by molar-refractivity contribution is 0.0691. The Labute approximate surface area is 160 Å². The van der Waals surface area contributed by atoms with Crippen molar-refractivity contribution in [1.29, 1.82) is 0 Å². The molecule has 7 heteroatoms. The summed E-state index contributed by atoms with van der Waals surface area (Å²) in [6, 6.07) is 11.3. The Morgan fingerprint density at radius 2 is 1.89 bits per heavy atom. The van der Waals surface area contributed by atoms with Crippen molar-refractivity contribution >= 4 is 15.7 Å². The van der Waals surface area contributed by atoms with Crippen LogP contribution >= 0.6 is 0 Å². The zero-order valence-corrected chi connectivity index (χ0v) is 16.4. The van der Waals surface area contributed by atoms with Gasteiger partial charge in [-0.25, -0.2) is 13.4 Å². The molecule has 0 unspecified atom stereocenters. The van der Waals surface area contributed by atoms with Gasteiger partial charge in [0.2, 0.25) is 0 Å². The molecular weight excluding hydrogens is 364 g/mol. The van der Waals surface area contributed by atoms with Gasteiger partial charge in [-0.3, -0.25) is 4.79 Å². The van der Waals surface area contributed by atoms with Gasteiger partial charge in [0.05, 0.1) is 23.5 Å². The maximum Gasteiger partial charge on any atom is 0.272 e. The third-order valence-corrected chi connectivity index (χ3v) is 6.48. The van der Waals surface area contributed by atoms with E-state index in [0.717, 1.165) is 12.8 Å². The zero-order valence-electron chi connectivity index (χ0n) is 15.6. The highest BCUT2D eigenvalue weighted by molar-refractivity contribution is 7.90. The minimum atomic E-state index is -3.59. The van der Waals surface area contributed by atoms with Crippen molar-refractivity contribution in [3.05, 3.63) is 53.9 Å². The van der Waals surface area contributed by atoms with Crippen LogP contribution in [0.3, 0.4) is 0 Å². The fraction of sp³-hybridized carbons (Fsp3) is 0.400. The van der Waals surface area contributed by atoms with Gasteiger partial charge in [-0.2, -0.15) is 0 Å². The largest absolute Gasteiger partial charge is 0.497 e. The number of methoxy groups -OCH3 is 1. The van der Waals surface area contributed by atoms with Crippen molar-refractivity contribution in [1.82, 2.24) is 9.88 Å². The lowest BCUT2D eigenvalue weighted by Crippen LogP contribution is -2.38. The standard InChI is InChI=1S/C20H24N2O4S/c1-15-9-11-22(12-10-15)20(23)19-8-3-5-16(21-19)14-27(24,25)18-7-4-6-17(13-18)26-2/h3-8,13,15H,9-12,14H2,1-2H3. The molecule has 6 nitrogen and oxygen atoms in total. The molecule has 144 valence electrons. The summed E-state index contributed by atoms with van der Waals surface area (Å²) in [6.07, 6.45) is 1.96. The number of hydrogen-bond acceptors (Lipinski definition) is 5. The van der Waals surface area contributed by atoms with E-state index in [4.69, 9.17) is 4.74 Å². The van der Waals surface area contributed by atoms with E-state index in [0.29, 0.717) is 36.1 Å². The number of ether oxygens (including phenoxy) is 1. The van der Waals surface area contributed by atoms with E-state index in [1.807, 2.05) is 0 Å². The Morgan fingerprint density at radius 3 is 2.59 bits per heavy atom. The number of amides is 1. The molecule has 1 aromatic carbocycles. The minimum Gasteiger partial charge on any atom is -0.497 e. The van der Waals surface area contributed by atoms with Gasteiger partial charge in [0.15, 0.2) is 9.84 Å². The van der Waals surface area contributed by atoms with E-state index in [1.54, 1.807) is 35.2 Å². The Hall–Kier alpha value is -2.41. The predicted molar refractivity (Wildman–Crippen MR) is 102 cm³/mol. The Bertz CT molecular complexity index is 919. The number of hydrogen-bond donors (Lipinski definition) is 0. The van der Waals surface area contributed by atoms with E-state index in [1.165, 1.54) is 19.2 Å². The summed E-state index contributed by atoms with van der Waals surface area (Å²) in [5.74, 6) is 0.703. The molecular formula is C20H24N2O4S. The van der Waals surface area contributed by atoms with Crippen LogP contribution < -0.4 is 4.74 Å². The minimum absolute atomic E-state index is 0.137. The number of rotatable bonds is 5. The highest BCUT2D eigenvalue weighted by Crippen LogP contribution is 2.21. The topological polar surface area (TPSA) is 76.6 Å². The molecule has 0 atom stereocenters. The first kappa shape index (κ1) is 19.4. The number of carbonyl (C=O) groups is 1. The molecule has 1 aliphatic rings. The summed E-state index contributed by atoms with van der Waals surface area (Å²) in [5, 5.41) is 0. The quantitative estimate of drug-likeness (QED) is 0.787. The maximum absolute atomic E-state index is 12.7. The lowest BCUT2D eigenvalue weighted by Gasteiger charge is -2.30. The highest BCUT2D eigenvalue weighted by atomic mass is 32.2. The molecule has 0 aliphatic carbocycles. The van der Waals surface area contributed by atoms with Crippen molar-refractivity contribution in [3.63, 3.8) is 0 Å². The number of likely N-dealkylation sites (tertiary alicyclic amines) is 1. The van der Waals surface area contributed by atoms with Crippen LogP contribution in [-0.2, 0) is 15.6 Å². The molecule has 0 radical (unpaired) electrons. The summed E-state index contributed by atoms with van der Waals surface area (Å²) >= 11 is 0. The van der Waals surface area contributed by atoms with Gasteiger partial charge in [-0.05, 0) is 49.1 Å². The molecule has 0 saturated carbocycles. The van der Waals surface area contributed by atoms with E-state index >= 15 is 0 Å². The third kappa shape index (κ3) is 4.66. The number of aromatic nitrogens is 1. The van der Waals surface area contributed by atoms with Crippen LogP contribution in [0.25, 0.3) is 0 Å². The number of sulfone groups is 1. The normalized spacial score (nSPS) is 15.6. The predicted octanol–water partition coefficient (Wildman–Crippen LogP) is 2.94. The van der Waals surface area contributed by atoms with Crippen LogP contribution in [0.5, 0.6) is 5.75 Å². The van der Waals surface area contributed by atoms with Crippen LogP contribution in [-0.4, -0.2) is 44.4 Å². The first-order valence-electron chi connectivity index (χ1n) is 9.01. The van der Waals surface area contributed by atoms with Gasteiger partial charge in [0.1, 0.15) is 11.4 Å². The molecule has 0 spiro atoms. The second kappa shape index (κ2) is 8.08. The Balaban J connectivity index is 1.78. The van der Waals surface area contributed by atoms with Gasteiger partial charge in [0, 0.05) is 13.1 Å². The molecule has 0 N–H and O–H groups in total. The molecule has 1 aliphatic heterocycles. The fourth-order valence-electron chi connectivity index (χ4n) is 3.13. The molecule has 1 fully saturated rings. The van der Waals surface area contributed by atoms with Crippen molar-refractivity contribution in [3.8, 4) is 5.75 Å². The summed E-state index contributed by atoms with van der Waals surface area (Å²) in [5.41, 5.74) is 0.650. The van der Waals surface area contributed by atoms with Gasteiger partial charge in [-0.15, -0.1) is 0 Å². The number of carbonyl (C=O) groups excluding carboxylic acids is 1. The second-order valence-corrected chi connectivity index (χ2v) is 8.92. The van der Waals surface area contributed by atoms with Crippen LogP contribution in [0.15, 0.2) is 47.4 Å². The zero-order chi connectivity index (χ0) is 19.4. The number of nitrogens with zero attached hydrogens (tertiary/aromatic N) is 2. The molecule has 1 saturated heterocycles. The summed E-state index contributed by atoms with van der Waals surface area (Å²) in [4.78, 5) is 19.0. The monoisotopic (exact) mass is 388 g/mol. The van der Waals surface area contributed by atoms with Crippen molar-refractivity contribution in [2.45, 2.75) is 30.4 Å². The molecule has 3 rings (SSSR count). The van der Waals surface area contributed by atoms with Gasteiger partial charge >= 0.3 is 0 Å². The van der Waals surface area contributed by atoms with Crippen LogP contribution in [0, 0.1) is 5.92 Å². The molecule has 2 aromatic rings. The molecule has 2 heterocycles. The Morgan fingerprint density at radius 1 is 1.19 bits per heavy atom. The second-order valence-electron chi connectivity index (χ2n) is 6.93. The molecule has 1 aromatic heterocycles. The van der Waals surface area contributed by atoms with Crippen molar-refractivity contribution in [2.75, 3.05) is 20.2 Å². The fourth-order valence-corrected chi connectivity index (χ4v) is 4.42. The first-order valence-corrected chi connectivity index (χ1v) is 10.7. The van der Waals surface area contributed by atoms with Crippen LogP contribution in [0.4, 0.5) is 0 Å². The SMILES string of the molecule is COc1cccc(S(=O)(=O)Cc2cccc(C(=O)N3CCC(C)CC3)n2)c1. The first-order chi connectivity index (χ1) is 12.9. The van der Waals surface area contributed by atoms with E-state index in [2.05, 4.69) is 11.9 Å². The molecule has 0 bridgehead atoms. The average Bonchev–Trinajstić information content (AvgIpc) is 2.68. The van der Waals surface area contributed by atoms with Crippen molar-refractivity contribution in [2.24, 2.45) is 5.92 Å². The third-order valence-electron chi connectivity index (χ3n) is 4.83. The smallest absolute Gasteiger partial charge is 0.272 e. The summed E-state index contributed by atoms with van der Waals surface area (Å²) < 4.78 is 30.5. The number of pyridine rings is 1. The number of piperidine rings is 1. The van der Waals surface area contributed by atoms with Gasteiger partial charge in [0.25, 0.3) is 5.91 Å². The Kier molecular flexibility index (Phi) is 5.79. The average molecular weight is 388 g/mol. The molecule has 1 amide bonds. The summed E-state index contributed by atoms with van der Waals surface area (Å²) in [7, 11) is -2.10. The van der Waals surface area contributed by atoms with E-state index in [-0.39, 0.29) is 16.6 Å². The lowest BCUT2D eigenvalue weighted by atomic mass is 9.99. The van der Waals surface area contributed by atoms with Crippen molar-refractivity contribution < 1.29 is 17.9 Å².